The van der Waals surface area contributed by atoms with Crippen LogP contribution in [-0.4, -0.2) is 16.0 Å². The Morgan fingerprint density at radius 1 is 0.475 bits per heavy atom. The molecule has 2 rings (SSSR count). The molecule has 0 aromatic heterocycles. The molecule has 40 heavy (non-hydrogen) atoms. The average molecular weight is 551 g/mol. The second kappa shape index (κ2) is 10.5. The molecule has 2 aromatic rings. The van der Waals surface area contributed by atoms with Crippen LogP contribution in [0.1, 0.15) is 144 Å². The Labute approximate surface area is 245 Å². The molecule has 0 aliphatic rings. The molecule has 0 atom stereocenters. The van der Waals surface area contributed by atoms with Gasteiger partial charge in [0, 0.05) is 10.8 Å². The maximum Gasteiger partial charge on any atom is 0.144 e. The number of carbonyl (C=O) groups is 1. The smallest absolute Gasteiger partial charge is 0.144 e. The zero-order valence-electron chi connectivity index (χ0n) is 28.5. The number of carbonyl (C=O) groups excluding carboxylic acids is 1. The van der Waals surface area contributed by atoms with Gasteiger partial charge in [0.1, 0.15) is 17.3 Å². The van der Waals surface area contributed by atoms with Crippen LogP contribution >= 0.6 is 0 Å². The summed E-state index contributed by atoms with van der Waals surface area (Å²) in [6.45, 7) is 33.6. The molecular formula is C37H58O3. The van der Waals surface area contributed by atoms with Crippen LogP contribution in [-0.2, 0) is 39.3 Å². The van der Waals surface area contributed by atoms with Crippen LogP contribution in [0.3, 0.4) is 0 Å². The van der Waals surface area contributed by atoms with Crippen molar-refractivity contribution in [3.63, 3.8) is 0 Å². The van der Waals surface area contributed by atoms with E-state index in [1.54, 1.807) is 0 Å². The Bertz CT molecular complexity index is 1080. The van der Waals surface area contributed by atoms with Crippen molar-refractivity contribution >= 4 is 5.78 Å². The summed E-state index contributed by atoms with van der Waals surface area (Å²) in [5.41, 5.74) is 3.75. The van der Waals surface area contributed by atoms with Crippen molar-refractivity contribution < 1.29 is 15.0 Å². The zero-order valence-corrected chi connectivity index (χ0v) is 28.5. The lowest BCUT2D eigenvalue weighted by atomic mass is 9.67. The fraction of sp³-hybridized carbons (Fsp3) is 0.649. The van der Waals surface area contributed by atoms with E-state index in [1.165, 1.54) is 0 Å². The van der Waals surface area contributed by atoms with Crippen molar-refractivity contribution in [2.75, 3.05) is 0 Å². The third kappa shape index (κ3) is 7.51. The predicted octanol–water partition coefficient (Wildman–Crippen LogP) is 9.69. The normalized spacial score (nSPS) is 14.0. The van der Waals surface area contributed by atoms with Crippen LogP contribution in [0.4, 0.5) is 0 Å². The molecule has 3 heteroatoms. The molecule has 0 unspecified atom stereocenters. The molecule has 0 fully saturated rings. The Morgan fingerprint density at radius 3 is 0.850 bits per heavy atom. The summed E-state index contributed by atoms with van der Waals surface area (Å²) < 4.78 is 0. The van der Waals surface area contributed by atoms with Crippen molar-refractivity contribution in [2.24, 2.45) is 10.8 Å². The van der Waals surface area contributed by atoms with E-state index in [9.17, 15) is 15.0 Å². The number of phenolic OH excluding ortho intramolecular Hbond substituents is 2. The van der Waals surface area contributed by atoms with Crippen molar-refractivity contribution in [2.45, 2.75) is 145 Å². The number of phenols is 2. The Morgan fingerprint density at radius 2 is 0.675 bits per heavy atom. The summed E-state index contributed by atoms with van der Waals surface area (Å²) in [5.74, 6) is 0.945. The first-order chi connectivity index (χ1) is 17.6. The largest absolute Gasteiger partial charge is 0.507 e. The highest BCUT2D eigenvalue weighted by Gasteiger charge is 2.40. The van der Waals surface area contributed by atoms with Gasteiger partial charge in [-0.2, -0.15) is 0 Å². The number of hydrogen-bond acceptors (Lipinski definition) is 3. The molecule has 0 heterocycles. The van der Waals surface area contributed by atoms with Gasteiger partial charge in [-0.05, 0) is 67.9 Å². The van der Waals surface area contributed by atoms with Crippen molar-refractivity contribution in [3.8, 4) is 11.5 Å². The highest BCUT2D eigenvalue weighted by atomic mass is 16.3. The van der Waals surface area contributed by atoms with Gasteiger partial charge < -0.3 is 10.2 Å². The molecule has 0 aliphatic heterocycles. The van der Waals surface area contributed by atoms with Crippen molar-refractivity contribution in [3.05, 3.63) is 57.6 Å². The fourth-order valence-electron chi connectivity index (χ4n) is 5.98. The van der Waals surface area contributed by atoms with Crippen molar-refractivity contribution in [1.82, 2.24) is 0 Å². The van der Waals surface area contributed by atoms with Gasteiger partial charge in [-0.25, -0.2) is 0 Å². The third-order valence-electron chi connectivity index (χ3n) is 8.09. The molecule has 0 saturated carbocycles. The molecular weight excluding hydrogens is 492 g/mol. The van der Waals surface area contributed by atoms with Gasteiger partial charge in [0.15, 0.2) is 0 Å². The lowest BCUT2D eigenvalue weighted by Gasteiger charge is -2.35. The summed E-state index contributed by atoms with van der Waals surface area (Å²) in [7, 11) is 0. The Hall–Kier alpha value is -2.29. The van der Waals surface area contributed by atoms with Crippen LogP contribution in [0.2, 0.25) is 0 Å². The molecule has 0 saturated heterocycles. The molecule has 3 nitrogen and oxygen atoms in total. The van der Waals surface area contributed by atoms with Crippen LogP contribution in [0.5, 0.6) is 11.5 Å². The topological polar surface area (TPSA) is 57.5 Å². The van der Waals surface area contributed by atoms with Gasteiger partial charge in [0.25, 0.3) is 0 Å². The quantitative estimate of drug-likeness (QED) is 0.376. The molecule has 224 valence electrons. The SMILES string of the molecule is CC(C)(Cc1cc(C(C)(C)C)c(O)c(C(C)(C)C)c1)C(=O)C(C)(C)Cc1cc(C(C)(C)C)c(O)c(C(C)(C)C)c1. The summed E-state index contributed by atoms with van der Waals surface area (Å²) in [4.78, 5) is 14.3. The van der Waals surface area contributed by atoms with Gasteiger partial charge in [0.05, 0.1) is 0 Å². The molecule has 0 amide bonds. The van der Waals surface area contributed by atoms with Gasteiger partial charge in [-0.3, -0.25) is 4.79 Å². The first-order valence-corrected chi connectivity index (χ1v) is 14.9. The van der Waals surface area contributed by atoms with E-state index in [2.05, 4.69) is 135 Å². The van der Waals surface area contributed by atoms with E-state index < -0.39 is 10.8 Å². The zero-order chi connectivity index (χ0) is 31.4. The minimum atomic E-state index is -0.610. The van der Waals surface area contributed by atoms with Crippen LogP contribution < -0.4 is 0 Å². The number of aromatic hydroxyl groups is 2. The van der Waals surface area contributed by atoms with E-state index >= 15 is 0 Å². The van der Waals surface area contributed by atoms with E-state index in [1.807, 2.05) is 0 Å². The molecule has 2 aromatic carbocycles. The molecule has 0 bridgehead atoms. The minimum Gasteiger partial charge on any atom is -0.507 e. The van der Waals surface area contributed by atoms with Gasteiger partial charge in [-0.15, -0.1) is 0 Å². The van der Waals surface area contributed by atoms with E-state index in [0.29, 0.717) is 24.3 Å². The molecule has 0 spiro atoms. The van der Waals surface area contributed by atoms with Crippen LogP contribution in [0.25, 0.3) is 0 Å². The van der Waals surface area contributed by atoms with Gasteiger partial charge in [-0.1, -0.05) is 135 Å². The average Bonchev–Trinajstić information content (AvgIpc) is 2.71. The minimum absolute atomic E-state index is 0.213. The first-order valence-electron chi connectivity index (χ1n) is 14.9. The van der Waals surface area contributed by atoms with E-state index in [0.717, 1.165) is 33.4 Å². The Balaban J connectivity index is 2.54. The molecule has 0 radical (unpaired) electrons. The summed E-state index contributed by atoms with van der Waals surface area (Å²) in [6.07, 6.45) is 1.19. The predicted molar refractivity (Wildman–Crippen MR) is 171 cm³/mol. The number of Topliss-reactive ketones (excluding diaryl/α,β-unsaturated/α-hetero) is 1. The fourth-order valence-corrected chi connectivity index (χ4v) is 5.98. The molecule has 0 aliphatic carbocycles. The third-order valence-corrected chi connectivity index (χ3v) is 8.09. The number of ketones is 1. The van der Waals surface area contributed by atoms with E-state index in [4.69, 9.17) is 0 Å². The van der Waals surface area contributed by atoms with Crippen LogP contribution in [0, 0.1) is 10.8 Å². The molecule has 2 N–H and O–H groups in total. The van der Waals surface area contributed by atoms with E-state index in [-0.39, 0.29) is 27.4 Å². The number of hydrogen-bond donors (Lipinski definition) is 2. The highest BCUT2D eigenvalue weighted by molar-refractivity contribution is 5.89. The second-order valence-corrected chi connectivity index (χ2v) is 17.5. The number of rotatable bonds is 6. The maximum atomic E-state index is 14.3. The van der Waals surface area contributed by atoms with Gasteiger partial charge >= 0.3 is 0 Å². The second-order valence-electron chi connectivity index (χ2n) is 17.5. The Kier molecular flexibility index (Phi) is 8.92. The summed E-state index contributed by atoms with van der Waals surface area (Å²) >= 11 is 0. The lowest BCUT2D eigenvalue weighted by Crippen LogP contribution is -2.40. The lowest BCUT2D eigenvalue weighted by molar-refractivity contribution is -0.135. The van der Waals surface area contributed by atoms with Crippen molar-refractivity contribution in [1.29, 1.82) is 0 Å². The highest BCUT2D eigenvalue weighted by Crippen LogP contribution is 2.44. The van der Waals surface area contributed by atoms with Crippen LogP contribution in [0.15, 0.2) is 24.3 Å². The number of benzene rings is 2. The maximum absolute atomic E-state index is 14.3. The summed E-state index contributed by atoms with van der Waals surface area (Å²) in [5, 5.41) is 22.4. The van der Waals surface area contributed by atoms with Gasteiger partial charge in [0.2, 0.25) is 0 Å². The monoisotopic (exact) mass is 550 g/mol. The summed E-state index contributed by atoms with van der Waals surface area (Å²) in [6, 6.07) is 8.38. The standard InChI is InChI=1S/C37H58O3/c1-32(2,3)25-17-23(18-26(29(25)38)33(4,5)6)21-36(13,14)31(40)37(15,16)22-24-19-27(34(7,8)9)30(39)28(20-24)35(10,11)12/h17-20,38-39H,21-22H2,1-16H3. The first kappa shape index (κ1) is 33.9.